The normalized spacial score (nSPS) is 10.6. The molecule has 0 aromatic heterocycles. The summed E-state index contributed by atoms with van der Waals surface area (Å²) in [6.45, 7) is 2.05. The molecular formula is C11H9BrO. The maximum Gasteiger partial charge on any atom is 0.116 e. The zero-order chi connectivity index (χ0) is 9.42. The Balaban J connectivity index is 2.87. The lowest BCUT2D eigenvalue weighted by Crippen LogP contribution is -1.78. The highest BCUT2D eigenvalue weighted by Gasteiger charge is 2.01. The molecule has 0 radical (unpaired) electrons. The standard InChI is InChI=1S/C11H9BrO/c1-7-2-3-8-6-9(13)4-5-10(8)11(7)12/h2-6,13H,1H3. The quantitative estimate of drug-likeness (QED) is 0.741. The Labute approximate surface area is 85.1 Å². The first kappa shape index (κ1) is 8.57. The number of aromatic hydroxyl groups is 1. The molecule has 0 heterocycles. The molecule has 0 fully saturated rings. The van der Waals surface area contributed by atoms with E-state index >= 15 is 0 Å². The van der Waals surface area contributed by atoms with E-state index in [2.05, 4.69) is 22.9 Å². The number of aryl methyl sites for hydroxylation is 1. The smallest absolute Gasteiger partial charge is 0.116 e. The molecule has 66 valence electrons. The van der Waals surface area contributed by atoms with E-state index in [1.165, 1.54) is 5.56 Å². The van der Waals surface area contributed by atoms with Crippen LogP contribution in [0.15, 0.2) is 34.8 Å². The van der Waals surface area contributed by atoms with Crippen LogP contribution in [0.25, 0.3) is 10.8 Å². The number of halogens is 1. The van der Waals surface area contributed by atoms with E-state index in [-0.39, 0.29) is 0 Å². The molecule has 1 nitrogen and oxygen atoms in total. The van der Waals surface area contributed by atoms with Crippen molar-refractivity contribution in [1.82, 2.24) is 0 Å². The molecule has 0 aliphatic heterocycles. The third kappa shape index (κ3) is 1.42. The van der Waals surface area contributed by atoms with Crippen molar-refractivity contribution in [2.75, 3.05) is 0 Å². The zero-order valence-electron chi connectivity index (χ0n) is 7.21. The van der Waals surface area contributed by atoms with Crippen LogP contribution >= 0.6 is 15.9 Å². The molecule has 0 saturated carbocycles. The van der Waals surface area contributed by atoms with Crippen molar-refractivity contribution in [2.24, 2.45) is 0 Å². The van der Waals surface area contributed by atoms with Gasteiger partial charge in [-0.2, -0.15) is 0 Å². The largest absolute Gasteiger partial charge is 0.508 e. The van der Waals surface area contributed by atoms with Crippen molar-refractivity contribution in [1.29, 1.82) is 0 Å². The SMILES string of the molecule is Cc1ccc2cc(O)ccc2c1Br. The molecule has 2 rings (SSSR count). The number of phenols is 1. The Hall–Kier alpha value is -1.02. The molecule has 0 spiro atoms. The predicted octanol–water partition coefficient (Wildman–Crippen LogP) is 3.62. The van der Waals surface area contributed by atoms with Crippen LogP contribution in [0.3, 0.4) is 0 Å². The van der Waals surface area contributed by atoms with Crippen LogP contribution < -0.4 is 0 Å². The predicted molar refractivity (Wildman–Crippen MR) is 58.0 cm³/mol. The highest BCUT2D eigenvalue weighted by Crippen LogP contribution is 2.29. The number of hydrogen-bond donors (Lipinski definition) is 1. The Morgan fingerprint density at radius 1 is 1.15 bits per heavy atom. The Bertz CT molecular complexity index is 463. The Kier molecular flexibility index (Phi) is 2.00. The van der Waals surface area contributed by atoms with E-state index in [1.54, 1.807) is 12.1 Å². The fourth-order valence-electron chi connectivity index (χ4n) is 1.39. The molecule has 0 aliphatic carbocycles. The van der Waals surface area contributed by atoms with Crippen LogP contribution in [0.4, 0.5) is 0 Å². The van der Waals surface area contributed by atoms with Gasteiger partial charge in [-0.1, -0.05) is 12.1 Å². The van der Waals surface area contributed by atoms with Gasteiger partial charge in [0.1, 0.15) is 5.75 Å². The molecule has 0 saturated heterocycles. The van der Waals surface area contributed by atoms with E-state index < -0.39 is 0 Å². The molecule has 0 amide bonds. The second-order valence-corrected chi connectivity index (χ2v) is 3.89. The molecule has 2 heteroatoms. The number of hydrogen-bond acceptors (Lipinski definition) is 1. The summed E-state index contributed by atoms with van der Waals surface area (Å²) >= 11 is 3.52. The van der Waals surface area contributed by atoms with Crippen molar-refractivity contribution in [3.63, 3.8) is 0 Å². The first-order valence-electron chi connectivity index (χ1n) is 4.06. The summed E-state index contributed by atoms with van der Waals surface area (Å²) in [6, 6.07) is 9.43. The summed E-state index contributed by atoms with van der Waals surface area (Å²) in [7, 11) is 0. The second kappa shape index (κ2) is 3.04. The van der Waals surface area contributed by atoms with Crippen molar-refractivity contribution >= 4 is 26.7 Å². The van der Waals surface area contributed by atoms with Crippen molar-refractivity contribution in [3.8, 4) is 5.75 Å². The lowest BCUT2D eigenvalue weighted by molar-refractivity contribution is 0.476. The number of benzene rings is 2. The van der Waals surface area contributed by atoms with Crippen LogP contribution in [0, 0.1) is 6.92 Å². The summed E-state index contributed by atoms with van der Waals surface area (Å²) in [6.07, 6.45) is 0. The minimum Gasteiger partial charge on any atom is -0.508 e. The Morgan fingerprint density at radius 2 is 1.92 bits per heavy atom. The molecule has 0 bridgehead atoms. The monoisotopic (exact) mass is 236 g/mol. The average molecular weight is 237 g/mol. The summed E-state index contributed by atoms with van der Waals surface area (Å²) in [5.74, 6) is 0.309. The minimum atomic E-state index is 0.309. The lowest BCUT2D eigenvalue weighted by Gasteiger charge is -2.03. The minimum absolute atomic E-state index is 0.309. The van der Waals surface area contributed by atoms with E-state index in [0.717, 1.165) is 15.2 Å². The van der Waals surface area contributed by atoms with Gasteiger partial charge in [0.2, 0.25) is 0 Å². The van der Waals surface area contributed by atoms with Gasteiger partial charge < -0.3 is 5.11 Å². The van der Waals surface area contributed by atoms with Crippen molar-refractivity contribution in [3.05, 3.63) is 40.4 Å². The average Bonchev–Trinajstić information content (AvgIpc) is 2.12. The maximum absolute atomic E-state index is 9.28. The number of phenolic OH excluding ortho intramolecular Hbond substituents is 1. The van der Waals surface area contributed by atoms with E-state index in [4.69, 9.17) is 0 Å². The number of rotatable bonds is 0. The van der Waals surface area contributed by atoms with Gasteiger partial charge in [0, 0.05) is 4.47 Å². The third-order valence-electron chi connectivity index (χ3n) is 2.13. The van der Waals surface area contributed by atoms with E-state index in [0.29, 0.717) is 5.75 Å². The molecule has 1 N–H and O–H groups in total. The van der Waals surface area contributed by atoms with Gasteiger partial charge in [-0.15, -0.1) is 0 Å². The van der Waals surface area contributed by atoms with Gasteiger partial charge >= 0.3 is 0 Å². The van der Waals surface area contributed by atoms with E-state index in [9.17, 15) is 5.11 Å². The van der Waals surface area contributed by atoms with E-state index in [1.807, 2.05) is 18.2 Å². The van der Waals surface area contributed by atoms with Gasteiger partial charge in [-0.05, 0) is 57.4 Å². The second-order valence-electron chi connectivity index (χ2n) is 3.10. The number of fused-ring (bicyclic) bond motifs is 1. The van der Waals surface area contributed by atoms with Gasteiger partial charge in [0.15, 0.2) is 0 Å². The van der Waals surface area contributed by atoms with Crippen molar-refractivity contribution in [2.45, 2.75) is 6.92 Å². The lowest BCUT2D eigenvalue weighted by atomic mass is 10.1. The molecule has 2 aromatic carbocycles. The first-order chi connectivity index (χ1) is 6.18. The fourth-order valence-corrected chi connectivity index (χ4v) is 1.88. The van der Waals surface area contributed by atoms with Crippen molar-refractivity contribution < 1.29 is 5.11 Å². The topological polar surface area (TPSA) is 20.2 Å². The van der Waals surface area contributed by atoms with Gasteiger partial charge in [0.05, 0.1) is 0 Å². The summed E-state index contributed by atoms with van der Waals surface area (Å²) in [5.41, 5.74) is 1.21. The molecule has 2 aromatic rings. The molecule has 0 atom stereocenters. The van der Waals surface area contributed by atoms with Crippen LogP contribution in [0.1, 0.15) is 5.56 Å². The zero-order valence-corrected chi connectivity index (χ0v) is 8.80. The van der Waals surface area contributed by atoms with Gasteiger partial charge in [-0.25, -0.2) is 0 Å². The van der Waals surface area contributed by atoms with Crippen LogP contribution in [-0.4, -0.2) is 5.11 Å². The summed E-state index contributed by atoms with van der Waals surface area (Å²) in [4.78, 5) is 0. The molecule has 0 unspecified atom stereocenters. The third-order valence-corrected chi connectivity index (χ3v) is 3.18. The Morgan fingerprint density at radius 3 is 2.69 bits per heavy atom. The summed E-state index contributed by atoms with van der Waals surface area (Å²) in [5, 5.41) is 11.5. The van der Waals surface area contributed by atoms with Crippen LogP contribution in [0.5, 0.6) is 5.75 Å². The molecule has 0 aliphatic rings. The first-order valence-corrected chi connectivity index (χ1v) is 4.85. The van der Waals surface area contributed by atoms with Gasteiger partial charge in [-0.3, -0.25) is 0 Å². The molecular weight excluding hydrogens is 228 g/mol. The molecule has 13 heavy (non-hydrogen) atoms. The fraction of sp³-hybridized carbons (Fsp3) is 0.0909. The van der Waals surface area contributed by atoms with Crippen LogP contribution in [-0.2, 0) is 0 Å². The van der Waals surface area contributed by atoms with Crippen LogP contribution in [0.2, 0.25) is 0 Å². The van der Waals surface area contributed by atoms with Gasteiger partial charge in [0.25, 0.3) is 0 Å². The highest BCUT2D eigenvalue weighted by molar-refractivity contribution is 9.10. The highest BCUT2D eigenvalue weighted by atomic mass is 79.9. The maximum atomic E-state index is 9.28. The summed E-state index contributed by atoms with van der Waals surface area (Å²) < 4.78 is 1.10.